The van der Waals surface area contributed by atoms with E-state index in [1.165, 1.54) is 0 Å². The third kappa shape index (κ3) is 1.20. The number of aryl methyl sites for hydroxylation is 1. The molecular formula is C8H10N2O. The van der Waals surface area contributed by atoms with Crippen LogP contribution in [0.4, 0.5) is 0 Å². The molecule has 1 unspecified atom stereocenters. The Kier molecular flexibility index (Phi) is 1.86. The summed E-state index contributed by atoms with van der Waals surface area (Å²) in [6, 6.07) is -0.172. The topological polar surface area (TPSA) is 37.8 Å². The highest BCUT2D eigenvalue weighted by molar-refractivity contribution is 5.04. The summed E-state index contributed by atoms with van der Waals surface area (Å²) in [5.41, 5.74) is 0.716. The summed E-state index contributed by atoms with van der Waals surface area (Å²) in [6.07, 6.45) is 6.83. The van der Waals surface area contributed by atoms with Crippen molar-refractivity contribution in [1.82, 2.24) is 9.55 Å². The summed E-state index contributed by atoms with van der Waals surface area (Å²) >= 11 is 0. The Labute approximate surface area is 65.1 Å². The van der Waals surface area contributed by atoms with E-state index in [9.17, 15) is 4.79 Å². The summed E-state index contributed by atoms with van der Waals surface area (Å²) in [6.45, 7) is 3.65. The summed E-state index contributed by atoms with van der Waals surface area (Å²) in [5, 5.41) is 0. The van der Waals surface area contributed by atoms with Crippen LogP contribution in [0.3, 0.4) is 0 Å². The molecule has 0 aliphatic rings. The van der Waals surface area contributed by atoms with Gasteiger partial charge in [0.25, 0.3) is 0 Å². The minimum Gasteiger partial charge on any atom is -0.312 e. The van der Waals surface area contributed by atoms with Gasteiger partial charge < -0.3 is 4.98 Å². The van der Waals surface area contributed by atoms with Crippen LogP contribution in [0.2, 0.25) is 0 Å². The Hall–Kier alpha value is -1.43. The highest BCUT2D eigenvalue weighted by Gasteiger charge is 2.05. The number of hydrogen-bond acceptors (Lipinski definition) is 1. The van der Waals surface area contributed by atoms with E-state index in [2.05, 4.69) is 10.9 Å². The lowest BCUT2D eigenvalue weighted by Crippen LogP contribution is -2.20. The molecule has 0 fully saturated rings. The van der Waals surface area contributed by atoms with Crippen LogP contribution >= 0.6 is 0 Å². The largest absolute Gasteiger partial charge is 0.326 e. The highest BCUT2D eigenvalue weighted by Crippen LogP contribution is 2.02. The Bertz CT molecular complexity index is 340. The number of hydrogen-bond donors (Lipinski definition) is 1. The number of nitrogens with one attached hydrogen (secondary N) is 1. The zero-order valence-electron chi connectivity index (χ0n) is 6.59. The lowest BCUT2D eigenvalue weighted by Gasteiger charge is -2.05. The second-order valence-corrected chi connectivity index (χ2v) is 2.45. The van der Waals surface area contributed by atoms with E-state index in [1.54, 1.807) is 10.8 Å². The van der Waals surface area contributed by atoms with Gasteiger partial charge in [-0.15, -0.1) is 6.42 Å². The molecule has 1 aromatic heterocycles. The average Bonchev–Trinajstić information content (AvgIpc) is 2.30. The van der Waals surface area contributed by atoms with Crippen LogP contribution in [0, 0.1) is 19.3 Å². The fraction of sp³-hybridized carbons (Fsp3) is 0.375. The molecule has 0 aromatic carbocycles. The molecule has 1 atom stereocenters. The van der Waals surface area contributed by atoms with Gasteiger partial charge in [-0.25, -0.2) is 4.79 Å². The van der Waals surface area contributed by atoms with Crippen LogP contribution < -0.4 is 5.69 Å². The van der Waals surface area contributed by atoms with Crippen molar-refractivity contribution in [2.45, 2.75) is 19.9 Å². The number of rotatable bonds is 1. The van der Waals surface area contributed by atoms with Gasteiger partial charge in [0.1, 0.15) is 0 Å². The van der Waals surface area contributed by atoms with Crippen LogP contribution in [0.25, 0.3) is 0 Å². The summed E-state index contributed by atoms with van der Waals surface area (Å²) in [5.74, 6) is 2.49. The first-order chi connectivity index (χ1) is 5.16. The maximum Gasteiger partial charge on any atom is 0.326 e. The van der Waals surface area contributed by atoms with Gasteiger partial charge in [-0.1, -0.05) is 5.92 Å². The number of nitrogens with zero attached hydrogens (tertiary/aromatic N) is 1. The molecule has 0 bridgehead atoms. The van der Waals surface area contributed by atoms with E-state index < -0.39 is 0 Å². The quantitative estimate of drug-likeness (QED) is 0.587. The van der Waals surface area contributed by atoms with Gasteiger partial charge in [0.2, 0.25) is 0 Å². The fourth-order valence-electron chi connectivity index (χ4n) is 1.02. The van der Waals surface area contributed by atoms with Crippen molar-refractivity contribution in [3.63, 3.8) is 0 Å². The highest BCUT2D eigenvalue weighted by atomic mass is 16.1. The molecule has 1 aromatic rings. The van der Waals surface area contributed by atoms with Crippen LogP contribution in [0.1, 0.15) is 18.7 Å². The van der Waals surface area contributed by atoms with E-state index in [1.807, 2.05) is 13.8 Å². The Balaban J connectivity index is 3.23. The SMILES string of the molecule is C#CC(C)n1c(C)c[nH]c1=O. The van der Waals surface area contributed by atoms with E-state index in [-0.39, 0.29) is 11.7 Å². The number of imidazole rings is 1. The van der Waals surface area contributed by atoms with E-state index >= 15 is 0 Å². The van der Waals surface area contributed by atoms with E-state index in [4.69, 9.17) is 6.42 Å². The molecule has 0 saturated carbocycles. The van der Waals surface area contributed by atoms with Crippen LogP contribution in [0.15, 0.2) is 11.0 Å². The second-order valence-electron chi connectivity index (χ2n) is 2.45. The van der Waals surface area contributed by atoms with Gasteiger partial charge in [-0.2, -0.15) is 0 Å². The minimum absolute atomic E-state index is 0.145. The molecule has 58 valence electrons. The second kappa shape index (κ2) is 2.67. The summed E-state index contributed by atoms with van der Waals surface area (Å²) in [7, 11) is 0. The maximum atomic E-state index is 11.1. The van der Waals surface area contributed by atoms with Crippen molar-refractivity contribution in [2.24, 2.45) is 0 Å². The lowest BCUT2D eigenvalue weighted by molar-refractivity contribution is 0.638. The number of aromatic amines is 1. The lowest BCUT2D eigenvalue weighted by atomic mass is 10.3. The standard InChI is InChI=1S/C8H10N2O/c1-4-6(2)10-7(3)5-9-8(10)11/h1,5-6H,2-3H3,(H,9,11). The molecule has 0 radical (unpaired) electrons. The third-order valence-corrected chi connectivity index (χ3v) is 1.63. The van der Waals surface area contributed by atoms with Gasteiger partial charge in [0.15, 0.2) is 0 Å². The summed E-state index contributed by atoms with van der Waals surface area (Å²) < 4.78 is 1.54. The molecule has 1 rings (SSSR count). The number of terminal acetylenes is 1. The van der Waals surface area contributed by atoms with Gasteiger partial charge in [-0.3, -0.25) is 4.57 Å². The van der Waals surface area contributed by atoms with Gasteiger partial charge in [0.05, 0.1) is 6.04 Å². The molecule has 0 aliphatic carbocycles. The predicted octanol–water partition coefficient (Wildman–Crippen LogP) is 0.679. The van der Waals surface area contributed by atoms with E-state index in [0.717, 1.165) is 5.69 Å². The predicted molar refractivity (Wildman–Crippen MR) is 43.3 cm³/mol. The summed E-state index contributed by atoms with van der Waals surface area (Å²) in [4.78, 5) is 13.6. The van der Waals surface area contributed by atoms with Crippen molar-refractivity contribution in [3.8, 4) is 12.3 Å². The van der Waals surface area contributed by atoms with Crippen molar-refractivity contribution in [3.05, 3.63) is 22.4 Å². The minimum atomic E-state index is -0.172. The molecule has 0 spiro atoms. The Morgan fingerprint density at radius 1 is 1.82 bits per heavy atom. The van der Waals surface area contributed by atoms with Crippen molar-refractivity contribution in [1.29, 1.82) is 0 Å². The zero-order chi connectivity index (χ0) is 8.43. The van der Waals surface area contributed by atoms with Gasteiger partial charge >= 0.3 is 5.69 Å². The molecule has 0 saturated heterocycles. The molecule has 0 amide bonds. The van der Waals surface area contributed by atoms with Gasteiger partial charge in [0, 0.05) is 11.9 Å². The first-order valence-corrected chi connectivity index (χ1v) is 3.39. The Morgan fingerprint density at radius 3 is 2.82 bits per heavy atom. The normalized spacial score (nSPS) is 12.5. The first kappa shape index (κ1) is 7.67. The molecule has 11 heavy (non-hydrogen) atoms. The van der Waals surface area contributed by atoms with Crippen LogP contribution in [0.5, 0.6) is 0 Å². The molecule has 0 aliphatic heterocycles. The number of aromatic nitrogens is 2. The van der Waals surface area contributed by atoms with Crippen molar-refractivity contribution < 1.29 is 0 Å². The van der Waals surface area contributed by atoms with Crippen LogP contribution in [-0.4, -0.2) is 9.55 Å². The first-order valence-electron chi connectivity index (χ1n) is 3.39. The van der Waals surface area contributed by atoms with Crippen molar-refractivity contribution >= 4 is 0 Å². The number of H-pyrrole nitrogens is 1. The fourth-order valence-corrected chi connectivity index (χ4v) is 1.02. The molecule has 3 nitrogen and oxygen atoms in total. The average molecular weight is 150 g/mol. The molecule has 3 heteroatoms. The van der Waals surface area contributed by atoms with E-state index in [0.29, 0.717) is 0 Å². The monoisotopic (exact) mass is 150 g/mol. The third-order valence-electron chi connectivity index (χ3n) is 1.63. The van der Waals surface area contributed by atoms with Crippen LogP contribution in [-0.2, 0) is 0 Å². The molecule has 1 N–H and O–H groups in total. The van der Waals surface area contributed by atoms with Gasteiger partial charge in [-0.05, 0) is 13.8 Å². The maximum absolute atomic E-state index is 11.1. The Morgan fingerprint density at radius 2 is 2.45 bits per heavy atom. The zero-order valence-corrected chi connectivity index (χ0v) is 6.59. The van der Waals surface area contributed by atoms with Crippen molar-refractivity contribution in [2.75, 3.05) is 0 Å². The molecule has 1 heterocycles. The molecular weight excluding hydrogens is 140 g/mol. The smallest absolute Gasteiger partial charge is 0.312 e.